The van der Waals surface area contributed by atoms with Crippen LogP contribution < -0.4 is 5.32 Å². The van der Waals surface area contributed by atoms with E-state index in [1.54, 1.807) is 6.92 Å². The lowest BCUT2D eigenvalue weighted by molar-refractivity contribution is -0.132. The first kappa shape index (κ1) is 19.7. The molecule has 0 bridgehead atoms. The van der Waals surface area contributed by atoms with Gasteiger partial charge in [-0.05, 0) is 25.0 Å². The minimum absolute atomic E-state index is 0.000331. The van der Waals surface area contributed by atoms with Gasteiger partial charge in [0, 0.05) is 24.9 Å². The van der Waals surface area contributed by atoms with Crippen LogP contribution in [0.4, 0.5) is 17.6 Å². The minimum atomic E-state index is -2.73. The lowest BCUT2D eigenvalue weighted by atomic mass is 10.1. The van der Waals surface area contributed by atoms with Gasteiger partial charge in [0.1, 0.15) is 17.4 Å². The van der Waals surface area contributed by atoms with Gasteiger partial charge in [-0.1, -0.05) is 6.92 Å². The number of nitrogens with zero attached hydrogens (tertiary/aromatic N) is 2. The van der Waals surface area contributed by atoms with Gasteiger partial charge in [0.15, 0.2) is 0 Å². The van der Waals surface area contributed by atoms with E-state index in [2.05, 4.69) is 15.3 Å². The SMILES string of the molecule is CC[C@@H](NC(=O)c1cc2cc(C(F)F)ncc2[nH]1)C(=O)N1CCC2(C1)CC2(F)F. The number of nitrogens with one attached hydrogen (secondary N) is 2. The summed E-state index contributed by atoms with van der Waals surface area (Å²) >= 11 is 0. The summed E-state index contributed by atoms with van der Waals surface area (Å²) < 4.78 is 52.7. The third-order valence-electron chi connectivity index (χ3n) is 5.88. The molecule has 2 aromatic heterocycles. The van der Waals surface area contributed by atoms with Crippen LogP contribution in [0.1, 0.15) is 48.8 Å². The maximum atomic E-state index is 13.6. The number of halogens is 4. The molecule has 3 heterocycles. The van der Waals surface area contributed by atoms with Crippen LogP contribution in [0.25, 0.3) is 10.9 Å². The highest BCUT2D eigenvalue weighted by molar-refractivity contribution is 6.00. The van der Waals surface area contributed by atoms with Crippen molar-refractivity contribution in [2.75, 3.05) is 13.1 Å². The smallest absolute Gasteiger partial charge is 0.280 e. The number of fused-ring (bicyclic) bond motifs is 1. The fourth-order valence-corrected chi connectivity index (χ4v) is 3.97. The summed E-state index contributed by atoms with van der Waals surface area (Å²) in [5.41, 5.74) is -0.982. The summed E-state index contributed by atoms with van der Waals surface area (Å²) in [7, 11) is 0. The predicted molar refractivity (Wildman–Crippen MR) is 95.8 cm³/mol. The second-order valence-electron chi connectivity index (χ2n) is 7.79. The molecule has 0 radical (unpaired) electrons. The summed E-state index contributed by atoms with van der Waals surface area (Å²) in [6.07, 6.45) is -1.15. The van der Waals surface area contributed by atoms with Gasteiger partial charge in [-0.15, -0.1) is 0 Å². The number of H-pyrrole nitrogens is 1. The Balaban J connectivity index is 1.45. The van der Waals surface area contributed by atoms with Crippen LogP contribution in [0.2, 0.25) is 0 Å². The van der Waals surface area contributed by atoms with Crippen molar-refractivity contribution in [2.45, 2.75) is 44.6 Å². The zero-order valence-electron chi connectivity index (χ0n) is 15.6. The van der Waals surface area contributed by atoms with Crippen molar-refractivity contribution >= 4 is 22.7 Å². The molecule has 1 unspecified atom stereocenters. The van der Waals surface area contributed by atoms with Crippen molar-refractivity contribution in [3.8, 4) is 0 Å². The van der Waals surface area contributed by atoms with Crippen molar-refractivity contribution < 1.29 is 27.2 Å². The molecule has 6 nitrogen and oxygen atoms in total. The molecule has 2 aromatic rings. The number of aromatic nitrogens is 2. The van der Waals surface area contributed by atoms with Crippen molar-refractivity contribution in [3.05, 3.63) is 29.7 Å². The molecule has 2 amide bonds. The van der Waals surface area contributed by atoms with E-state index < -0.39 is 41.3 Å². The molecule has 1 aliphatic carbocycles. The van der Waals surface area contributed by atoms with Crippen LogP contribution in [0.5, 0.6) is 0 Å². The van der Waals surface area contributed by atoms with Crippen molar-refractivity contribution in [3.63, 3.8) is 0 Å². The Morgan fingerprint density at radius 1 is 1.34 bits per heavy atom. The van der Waals surface area contributed by atoms with Crippen LogP contribution >= 0.6 is 0 Å². The van der Waals surface area contributed by atoms with Crippen LogP contribution in [0.3, 0.4) is 0 Å². The highest BCUT2D eigenvalue weighted by atomic mass is 19.3. The second-order valence-corrected chi connectivity index (χ2v) is 7.79. The monoisotopic (exact) mass is 412 g/mol. The first-order valence-corrected chi connectivity index (χ1v) is 9.40. The number of hydrogen-bond acceptors (Lipinski definition) is 3. The first-order valence-electron chi connectivity index (χ1n) is 9.40. The van der Waals surface area contributed by atoms with Crippen LogP contribution in [-0.2, 0) is 4.79 Å². The van der Waals surface area contributed by atoms with Crippen LogP contribution in [0.15, 0.2) is 18.3 Å². The minimum Gasteiger partial charge on any atom is -0.349 e. The summed E-state index contributed by atoms with van der Waals surface area (Å²) in [5.74, 6) is -3.69. The van der Waals surface area contributed by atoms with Crippen molar-refractivity contribution in [1.82, 2.24) is 20.2 Å². The molecule has 10 heteroatoms. The van der Waals surface area contributed by atoms with E-state index in [1.165, 1.54) is 23.2 Å². The number of rotatable bonds is 5. The Morgan fingerprint density at radius 2 is 2.07 bits per heavy atom. The van der Waals surface area contributed by atoms with Crippen molar-refractivity contribution in [1.29, 1.82) is 0 Å². The number of carbonyl (C=O) groups is 2. The number of aromatic amines is 1. The van der Waals surface area contributed by atoms with Crippen LogP contribution in [0, 0.1) is 5.41 Å². The maximum absolute atomic E-state index is 13.6. The van der Waals surface area contributed by atoms with Gasteiger partial charge < -0.3 is 15.2 Å². The molecular formula is C19H20F4N4O2. The summed E-state index contributed by atoms with van der Waals surface area (Å²) in [4.78, 5) is 33.1. The van der Waals surface area contributed by atoms with E-state index in [1.807, 2.05) is 0 Å². The lowest BCUT2D eigenvalue weighted by Gasteiger charge is -2.23. The van der Waals surface area contributed by atoms with E-state index >= 15 is 0 Å². The Kier molecular flexibility index (Phi) is 4.54. The molecule has 2 atom stereocenters. The van der Waals surface area contributed by atoms with E-state index in [9.17, 15) is 27.2 Å². The third-order valence-corrected chi connectivity index (χ3v) is 5.88. The third kappa shape index (κ3) is 3.34. The van der Waals surface area contributed by atoms with Crippen molar-refractivity contribution in [2.24, 2.45) is 5.41 Å². The Hall–Kier alpha value is -2.65. The molecule has 0 aromatic carbocycles. The maximum Gasteiger partial charge on any atom is 0.280 e. The standard InChI is InChI=1S/C19H20F4N4O2/c1-2-11(17(29)27-4-3-18(9-27)8-19(18,22)23)26-16(28)13-6-10-5-12(15(20)21)24-7-14(10)25-13/h5-7,11,15,25H,2-4,8-9H2,1H3,(H,26,28)/t11-,18?/m1/s1. The van der Waals surface area contributed by atoms with E-state index in [0.29, 0.717) is 17.3 Å². The summed E-state index contributed by atoms with van der Waals surface area (Å²) in [6.45, 7) is 1.96. The Labute approximate surface area is 163 Å². The van der Waals surface area contributed by atoms with E-state index in [4.69, 9.17) is 0 Å². The fourth-order valence-electron chi connectivity index (χ4n) is 3.97. The normalized spacial score (nSPS) is 23.7. The average Bonchev–Trinajstić information content (AvgIpc) is 3.05. The molecule has 1 spiro atoms. The number of pyridine rings is 1. The highest BCUT2D eigenvalue weighted by Crippen LogP contribution is 2.65. The Morgan fingerprint density at radius 3 is 2.66 bits per heavy atom. The topological polar surface area (TPSA) is 78.1 Å². The van der Waals surface area contributed by atoms with Gasteiger partial charge in [-0.2, -0.15) is 0 Å². The fraction of sp³-hybridized carbons (Fsp3) is 0.526. The molecule has 2 aliphatic rings. The molecule has 4 rings (SSSR count). The largest absolute Gasteiger partial charge is 0.349 e. The molecule has 1 saturated heterocycles. The molecule has 2 N–H and O–H groups in total. The zero-order valence-corrected chi connectivity index (χ0v) is 15.6. The van der Waals surface area contributed by atoms with Crippen LogP contribution in [-0.4, -0.2) is 51.7 Å². The van der Waals surface area contributed by atoms with Gasteiger partial charge in [-0.25, -0.2) is 17.6 Å². The van der Waals surface area contributed by atoms with Gasteiger partial charge in [0.05, 0.1) is 17.1 Å². The van der Waals surface area contributed by atoms with Gasteiger partial charge >= 0.3 is 0 Å². The Bertz CT molecular complexity index is 976. The molecule has 1 aliphatic heterocycles. The van der Waals surface area contributed by atoms with E-state index in [-0.39, 0.29) is 31.6 Å². The molecule has 2 fully saturated rings. The molecule has 29 heavy (non-hydrogen) atoms. The molecule has 1 saturated carbocycles. The number of likely N-dealkylation sites (tertiary alicyclic amines) is 1. The molecular weight excluding hydrogens is 392 g/mol. The summed E-state index contributed by atoms with van der Waals surface area (Å²) in [5, 5.41) is 3.01. The average molecular weight is 412 g/mol. The van der Waals surface area contributed by atoms with Gasteiger partial charge in [0.2, 0.25) is 5.91 Å². The number of carbonyl (C=O) groups excluding carboxylic acids is 2. The lowest BCUT2D eigenvalue weighted by Crippen LogP contribution is -2.47. The van der Waals surface area contributed by atoms with E-state index in [0.717, 1.165) is 0 Å². The number of alkyl halides is 4. The zero-order chi connectivity index (χ0) is 21.0. The summed E-state index contributed by atoms with van der Waals surface area (Å²) in [6, 6.07) is 1.74. The second kappa shape index (κ2) is 6.70. The first-order chi connectivity index (χ1) is 13.7. The van der Waals surface area contributed by atoms with Gasteiger partial charge in [0.25, 0.3) is 18.3 Å². The predicted octanol–water partition coefficient (Wildman–Crippen LogP) is 3.27. The number of amides is 2. The number of hydrogen-bond donors (Lipinski definition) is 2. The highest BCUT2D eigenvalue weighted by Gasteiger charge is 2.73. The quantitative estimate of drug-likeness (QED) is 0.740. The molecule has 156 valence electrons. The van der Waals surface area contributed by atoms with Gasteiger partial charge in [-0.3, -0.25) is 14.6 Å².